The lowest BCUT2D eigenvalue weighted by Gasteiger charge is -2.06. The molecule has 2 amide bonds. The van der Waals surface area contributed by atoms with Crippen molar-refractivity contribution in [3.8, 4) is 0 Å². The van der Waals surface area contributed by atoms with Gasteiger partial charge in [0.05, 0.1) is 11.9 Å². The molecule has 0 aromatic heterocycles. The molecule has 124 valence electrons. The van der Waals surface area contributed by atoms with E-state index in [2.05, 4.69) is 54.4 Å². The van der Waals surface area contributed by atoms with E-state index in [9.17, 15) is 9.59 Å². The van der Waals surface area contributed by atoms with Gasteiger partial charge >= 0.3 is 0 Å². The fraction of sp³-hybridized carbons (Fsp3) is 0.118. The molecule has 2 N–H and O–H groups in total. The van der Waals surface area contributed by atoms with Crippen LogP contribution in [-0.2, 0) is 9.59 Å². The van der Waals surface area contributed by atoms with Crippen LogP contribution in [-0.4, -0.2) is 18.0 Å². The molecule has 0 bridgehead atoms. The van der Waals surface area contributed by atoms with E-state index in [1.807, 2.05) is 42.5 Å². The lowest BCUT2D eigenvalue weighted by Crippen LogP contribution is -2.20. The molecule has 5 nitrogen and oxygen atoms in total. The van der Waals surface area contributed by atoms with Crippen LogP contribution in [0.1, 0.15) is 18.4 Å². The summed E-state index contributed by atoms with van der Waals surface area (Å²) in [5, 5.41) is 6.66. The van der Waals surface area contributed by atoms with Gasteiger partial charge in [0.25, 0.3) is 0 Å². The van der Waals surface area contributed by atoms with E-state index in [0.29, 0.717) is 5.69 Å². The number of anilines is 1. The van der Waals surface area contributed by atoms with Gasteiger partial charge in [0.2, 0.25) is 11.8 Å². The lowest BCUT2D eigenvalue weighted by molar-refractivity contribution is -0.124. The summed E-state index contributed by atoms with van der Waals surface area (Å²) >= 11 is 5.55. The lowest BCUT2D eigenvalue weighted by atomic mass is 10.2. The molecule has 0 saturated heterocycles. The molecule has 0 saturated carbocycles. The highest BCUT2D eigenvalue weighted by Gasteiger charge is 2.08. The predicted molar refractivity (Wildman–Crippen MR) is 107 cm³/mol. The fourth-order valence-corrected chi connectivity index (χ4v) is 2.72. The highest BCUT2D eigenvalue weighted by atomic mass is 127. The summed E-state index contributed by atoms with van der Waals surface area (Å²) < 4.78 is 1.84. The summed E-state index contributed by atoms with van der Waals surface area (Å²) in [6, 6.07) is 15.0. The molecule has 0 aliphatic carbocycles. The maximum absolute atomic E-state index is 11.9. The minimum Gasteiger partial charge on any atom is -0.325 e. The van der Waals surface area contributed by atoms with E-state index in [4.69, 9.17) is 0 Å². The van der Waals surface area contributed by atoms with Gasteiger partial charge in [0, 0.05) is 26.4 Å². The number of rotatable bonds is 6. The Morgan fingerprint density at radius 2 is 1.71 bits per heavy atom. The predicted octanol–water partition coefficient (Wildman–Crippen LogP) is 3.92. The second-order valence-electron chi connectivity index (χ2n) is 4.84. The minimum atomic E-state index is -0.306. The van der Waals surface area contributed by atoms with Gasteiger partial charge in [-0.1, -0.05) is 30.3 Å². The number of hydrazone groups is 1. The standard InChI is InChI=1S/C17H15BrIN3O2/c18-13-6-2-4-8-15(13)21-16(23)9-10-17(24)22-20-11-12-5-1-3-7-14(12)19/h1-8,11H,9-10H2,(H,21,23)(H,22,24)/b20-11+. The molecule has 24 heavy (non-hydrogen) atoms. The fourth-order valence-electron chi connectivity index (χ4n) is 1.81. The van der Waals surface area contributed by atoms with E-state index in [1.165, 1.54) is 0 Å². The van der Waals surface area contributed by atoms with Crippen LogP contribution >= 0.6 is 38.5 Å². The van der Waals surface area contributed by atoms with E-state index in [0.717, 1.165) is 13.6 Å². The van der Waals surface area contributed by atoms with Crippen molar-refractivity contribution in [2.45, 2.75) is 12.8 Å². The number of benzene rings is 2. The van der Waals surface area contributed by atoms with Crippen LogP contribution in [0.5, 0.6) is 0 Å². The van der Waals surface area contributed by atoms with Crippen LogP contribution in [0.3, 0.4) is 0 Å². The topological polar surface area (TPSA) is 70.6 Å². The Morgan fingerprint density at radius 3 is 2.46 bits per heavy atom. The van der Waals surface area contributed by atoms with E-state index in [-0.39, 0.29) is 24.7 Å². The minimum absolute atomic E-state index is 0.0690. The van der Waals surface area contributed by atoms with Gasteiger partial charge in [-0.3, -0.25) is 9.59 Å². The van der Waals surface area contributed by atoms with Gasteiger partial charge in [-0.05, 0) is 56.7 Å². The number of amides is 2. The van der Waals surface area contributed by atoms with Crippen LogP contribution in [0.2, 0.25) is 0 Å². The third kappa shape index (κ3) is 6.04. The van der Waals surface area contributed by atoms with Gasteiger partial charge < -0.3 is 5.32 Å². The third-order valence-corrected chi connectivity index (χ3v) is 4.70. The Kier molecular flexibility index (Phi) is 7.38. The smallest absolute Gasteiger partial charge is 0.240 e. The van der Waals surface area contributed by atoms with Crippen molar-refractivity contribution in [1.29, 1.82) is 0 Å². The largest absolute Gasteiger partial charge is 0.325 e. The molecule has 0 radical (unpaired) electrons. The molecule has 0 aliphatic heterocycles. The summed E-state index contributed by atoms with van der Waals surface area (Å²) in [5.74, 6) is -0.530. The second kappa shape index (κ2) is 9.53. The van der Waals surface area contributed by atoms with Crippen molar-refractivity contribution in [1.82, 2.24) is 5.43 Å². The third-order valence-electron chi connectivity index (χ3n) is 3.03. The normalized spacial score (nSPS) is 10.6. The van der Waals surface area contributed by atoms with Crippen LogP contribution in [0, 0.1) is 3.57 Å². The average molecular weight is 500 g/mol. The zero-order chi connectivity index (χ0) is 17.4. The van der Waals surface area contributed by atoms with Crippen molar-refractivity contribution in [3.63, 3.8) is 0 Å². The van der Waals surface area contributed by atoms with Crippen LogP contribution in [0.4, 0.5) is 5.69 Å². The first-order chi connectivity index (χ1) is 11.6. The van der Waals surface area contributed by atoms with E-state index < -0.39 is 0 Å². The molecule has 0 spiro atoms. The first-order valence-electron chi connectivity index (χ1n) is 7.17. The Hall–Kier alpha value is -1.74. The number of halogens is 2. The molecule has 0 unspecified atom stereocenters. The van der Waals surface area contributed by atoms with Gasteiger partial charge in [-0.15, -0.1) is 0 Å². The van der Waals surface area contributed by atoms with Crippen LogP contribution in [0.15, 0.2) is 58.1 Å². The molecule has 2 rings (SSSR count). The van der Waals surface area contributed by atoms with Crippen LogP contribution < -0.4 is 10.7 Å². The summed E-state index contributed by atoms with van der Waals surface area (Å²) in [6.45, 7) is 0. The molecule has 7 heteroatoms. The molecule has 0 heterocycles. The zero-order valence-electron chi connectivity index (χ0n) is 12.6. The SMILES string of the molecule is O=C(CCC(=O)Nc1ccccc1Br)N/N=C/c1ccccc1I. The first-order valence-corrected chi connectivity index (χ1v) is 9.04. The molecule has 0 atom stereocenters. The maximum atomic E-state index is 11.9. The first kappa shape index (κ1) is 18.6. The Balaban J connectivity index is 1.76. The summed E-state index contributed by atoms with van der Waals surface area (Å²) in [7, 11) is 0. The number of hydrogen-bond donors (Lipinski definition) is 2. The van der Waals surface area contributed by atoms with E-state index >= 15 is 0 Å². The average Bonchev–Trinajstić information content (AvgIpc) is 2.57. The number of nitrogens with one attached hydrogen (secondary N) is 2. The van der Waals surface area contributed by atoms with Gasteiger partial charge in [0.15, 0.2) is 0 Å². The Bertz CT molecular complexity index is 765. The quantitative estimate of drug-likeness (QED) is 0.359. The molecular weight excluding hydrogens is 485 g/mol. The van der Waals surface area contributed by atoms with Gasteiger partial charge in [-0.25, -0.2) is 5.43 Å². The van der Waals surface area contributed by atoms with Crippen molar-refractivity contribution in [2.24, 2.45) is 5.10 Å². The second-order valence-corrected chi connectivity index (χ2v) is 6.86. The zero-order valence-corrected chi connectivity index (χ0v) is 16.4. The highest BCUT2D eigenvalue weighted by Crippen LogP contribution is 2.21. The van der Waals surface area contributed by atoms with Crippen molar-refractivity contribution >= 4 is 62.2 Å². The Labute approximate surface area is 162 Å². The van der Waals surface area contributed by atoms with Crippen molar-refractivity contribution in [2.75, 3.05) is 5.32 Å². The molecule has 2 aromatic carbocycles. The summed E-state index contributed by atoms with van der Waals surface area (Å²) in [4.78, 5) is 23.6. The number of carbonyl (C=O) groups excluding carboxylic acids is 2. The molecule has 0 fully saturated rings. The summed E-state index contributed by atoms with van der Waals surface area (Å²) in [6.07, 6.45) is 1.74. The molecule has 2 aromatic rings. The number of hydrogen-bond acceptors (Lipinski definition) is 3. The van der Waals surface area contributed by atoms with Crippen LogP contribution in [0.25, 0.3) is 0 Å². The van der Waals surface area contributed by atoms with E-state index in [1.54, 1.807) is 12.3 Å². The van der Waals surface area contributed by atoms with Crippen molar-refractivity contribution < 1.29 is 9.59 Å². The maximum Gasteiger partial charge on any atom is 0.240 e. The number of nitrogens with zero attached hydrogens (tertiary/aromatic N) is 1. The van der Waals surface area contributed by atoms with Crippen molar-refractivity contribution in [3.05, 3.63) is 62.1 Å². The monoisotopic (exact) mass is 499 g/mol. The van der Waals surface area contributed by atoms with Gasteiger partial charge in [-0.2, -0.15) is 5.10 Å². The Morgan fingerprint density at radius 1 is 1.04 bits per heavy atom. The number of carbonyl (C=O) groups is 2. The summed E-state index contributed by atoms with van der Waals surface area (Å²) in [5.41, 5.74) is 4.03. The molecule has 0 aliphatic rings. The highest BCUT2D eigenvalue weighted by molar-refractivity contribution is 14.1. The number of para-hydroxylation sites is 1. The van der Waals surface area contributed by atoms with Gasteiger partial charge in [0.1, 0.15) is 0 Å². The molecular formula is C17H15BrIN3O2.